The van der Waals surface area contributed by atoms with Crippen molar-refractivity contribution >= 4 is 0 Å². The fourth-order valence-electron chi connectivity index (χ4n) is 1.46. The summed E-state index contributed by atoms with van der Waals surface area (Å²) in [6.07, 6.45) is 2.82. The smallest absolute Gasteiger partial charge is 0.00672 e. The summed E-state index contributed by atoms with van der Waals surface area (Å²) in [6, 6.07) is 0.861. The van der Waals surface area contributed by atoms with Crippen molar-refractivity contribution in [1.82, 2.24) is 4.90 Å². The maximum absolute atomic E-state index is 4.50. The average Bonchev–Trinajstić information content (AvgIpc) is 2.39. The molecular weight excluding hydrogens is 124 g/mol. The fourth-order valence-corrected chi connectivity index (χ4v) is 1.46. The molecule has 0 bridgehead atoms. The molecule has 2 nitrogen and oxygen atoms in total. The van der Waals surface area contributed by atoms with Gasteiger partial charge in [-0.15, -0.1) is 0 Å². The van der Waals surface area contributed by atoms with Crippen LogP contribution in [0.4, 0.5) is 0 Å². The van der Waals surface area contributed by atoms with Crippen molar-refractivity contribution in [3.05, 3.63) is 0 Å². The second-order valence-electron chi connectivity index (χ2n) is 2.62. The first-order chi connectivity index (χ1) is 4.84. The van der Waals surface area contributed by atoms with Gasteiger partial charge in [-0.05, 0) is 39.9 Å². The molecule has 1 fully saturated rings. The Kier molecular flexibility index (Phi) is 5.64. The lowest BCUT2D eigenvalue weighted by atomic mass is 10.2. The number of hydrogen-bond donors (Lipinski definition) is 1. The summed E-state index contributed by atoms with van der Waals surface area (Å²) in [7, 11) is 1.50. The maximum atomic E-state index is 4.50. The molecule has 10 heavy (non-hydrogen) atoms. The maximum Gasteiger partial charge on any atom is 0.00672 e. The number of rotatable bonds is 1. The molecule has 2 N–H and O–H groups in total. The molecule has 1 rings (SSSR count). The summed E-state index contributed by atoms with van der Waals surface area (Å²) in [4.78, 5) is 2.53. The van der Waals surface area contributed by atoms with E-state index < -0.39 is 0 Å². The Balaban J connectivity index is 0.000000371. The van der Waals surface area contributed by atoms with Gasteiger partial charge in [0.25, 0.3) is 0 Å². The molecule has 0 aromatic rings. The van der Waals surface area contributed by atoms with Crippen molar-refractivity contribution in [2.24, 2.45) is 5.73 Å². The molecule has 1 aliphatic heterocycles. The minimum Gasteiger partial charge on any atom is -0.333 e. The van der Waals surface area contributed by atoms with Gasteiger partial charge < -0.3 is 10.6 Å². The first kappa shape index (κ1) is 9.92. The highest BCUT2D eigenvalue weighted by Crippen LogP contribution is 2.14. The van der Waals surface area contributed by atoms with Gasteiger partial charge in [0.15, 0.2) is 0 Å². The second kappa shape index (κ2) is 5.69. The van der Waals surface area contributed by atoms with Crippen LogP contribution >= 0.6 is 0 Å². The Morgan fingerprint density at radius 2 is 2.10 bits per heavy atom. The summed E-state index contributed by atoms with van der Waals surface area (Å²) in [5.74, 6) is 0. The van der Waals surface area contributed by atoms with Gasteiger partial charge in [0.1, 0.15) is 0 Å². The third kappa shape index (κ3) is 2.67. The molecule has 0 spiro atoms. The molecule has 0 saturated carbocycles. The third-order valence-corrected chi connectivity index (χ3v) is 2.10. The quantitative estimate of drug-likeness (QED) is 0.596. The average molecular weight is 144 g/mol. The molecule has 62 valence electrons. The lowest BCUT2D eigenvalue weighted by Gasteiger charge is -2.17. The van der Waals surface area contributed by atoms with E-state index in [1.807, 2.05) is 0 Å². The van der Waals surface area contributed by atoms with Gasteiger partial charge in [-0.2, -0.15) is 0 Å². The largest absolute Gasteiger partial charge is 0.333 e. The van der Waals surface area contributed by atoms with Crippen molar-refractivity contribution in [2.45, 2.75) is 32.7 Å². The molecule has 1 aliphatic rings. The lowest BCUT2D eigenvalue weighted by molar-refractivity contribution is 0.284. The van der Waals surface area contributed by atoms with Gasteiger partial charge in [-0.1, -0.05) is 6.92 Å². The summed E-state index contributed by atoms with van der Waals surface area (Å²) < 4.78 is 0. The molecule has 0 aromatic carbocycles. The summed E-state index contributed by atoms with van der Waals surface area (Å²) in [6.45, 7) is 7.12. The zero-order valence-electron chi connectivity index (χ0n) is 7.43. The standard InChI is InChI=1S/C7H15N.CH5N/c1-3-8-6-4-5-7(8)2;1-2/h7H,3-6H2,1-2H3;2H2,1H3. The first-order valence-corrected chi connectivity index (χ1v) is 4.16. The predicted molar refractivity (Wildman–Crippen MR) is 46.1 cm³/mol. The SMILES string of the molecule is CCN1CCCC1C.CN. The molecule has 0 aliphatic carbocycles. The summed E-state index contributed by atoms with van der Waals surface area (Å²) in [5, 5.41) is 0. The first-order valence-electron chi connectivity index (χ1n) is 4.16. The van der Waals surface area contributed by atoms with Gasteiger partial charge in [-0.3, -0.25) is 0 Å². The van der Waals surface area contributed by atoms with Crippen LogP contribution in [-0.2, 0) is 0 Å². The number of likely N-dealkylation sites (tertiary alicyclic amines) is 1. The van der Waals surface area contributed by atoms with E-state index in [0.717, 1.165) is 6.04 Å². The van der Waals surface area contributed by atoms with E-state index in [1.54, 1.807) is 0 Å². The van der Waals surface area contributed by atoms with E-state index in [2.05, 4.69) is 24.5 Å². The normalized spacial score (nSPS) is 25.8. The van der Waals surface area contributed by atoms with Crippen LogP contribution in [0.15, 0.2) is 0 Å². The summed E-state index contributed by atoms with van der Waals surface area (Å²) >= 11 is 0. The second-order valence-corrected chi connectivity index (χ2v) is 2.62. The highest BCUT2D eigenvalue weighted by molar-refractivity contribution is 4.72. The Labute approximate surface area is 64.4 Å². The number of nitrogens with zero attached hydrogens (tertiary/aromatic N) is 1. The number of hydrogen-bond acceptors (Lipinski definition) is 2. The third-order valence-electron chi connectivity index (χ3n) is 2.10. The van der Waals surface area contributed by atoms with E-state index in [0.29, 0.717) is 0 Å². The summed E-state index contributed by atoms with van der Waals surface area (Å²) in [5.41, 5.74) is 4.50. The van der Waals surface area contributed by atoms with E-state index in [-0.39, 0.29) is 0 Å². The van der Waals surface area contributed by atoms with Crippen LogP contribution in [0.5, 0.6) is 0 Å². The van der Waals surface area contributed by atoms with E-state index in [1.165, 1.54) is 33.0 Å². The van der Waals surface area contributed by atoms with Gasteiger partial charge >= 0.3 is 0 Å². The Hall–Kier alpha value is -0.0800. The zero-order chi connectivity index (χ0) is 7.98. The van der Waals surface area contributed by atoms with E-state index in [9.17, 15) is 0 Å². The van der Waals surface area contributed by atoms with Crippen molar-refractivity contribution in [1.29, 1.82) is 0 Å². The van der Waals surface area contributed by atoms with Gasteiger partial charge in [0.2, 0.25) is 0 Å². The Morgan fingerprint density at radius 1 is 1.50 bits per heavy atom. The topological polar surface area (TPSA) is 29.3 Å². The van der Waals surface area contributed by atoms with Gasteiger partial charge in [-0.25, -0.2) is 0 Å². The van der Waals surface area contributed by atoms with Crippen LogP contribution in [0.3, 0.4) is 0 Å². The minimum atomic E-state index is 0.861. The van der Waals surface area contributed by atoms with Crippen LogP contribution in [0.25, 0.3) is 0 Å². The molecule has 0 radical (unpaired) electrons. The molecule has 1 unspecified atom stereocenters. The lowest BCUT2D eigenvalue weighted by Crippen LogP contribution is -2.25. The van der Waals surface area contributed by atoms with Crippen LogP contribution in [-0.4, -0.2) is 31.1 Å². The Morgan fingerprint density at radius 3 is 2.30 bits per heavy atom. The van der Waals surface area contributed by atoms with E-state index in [4.69, 9.17) is 0 Å². The van der Waals surface area contributed by atoms with Crippen LogP contribution in [0.2, 0.25) is 0 Å². The monoisotopic (exact) mass is 144 g/mol. The van der Waals surface area contributed by atoms with Crippen molar-refractivity contribution in [3.8, 4) is 0 Å². The molecule has 0 amide bonds. The molecule has 1 atom stereocenters. The van der Waals surface area contributed by atoms with Crippen molar-refractivity contribution in [3.63, 3.8) is 0 Å². The molecule has 0 aromatic heterocycles. The van der Waals surface area contributed by atoms with Crippen LogP contribution < -0.4 is 5.73 Å². The highest BCUT2D eigenvalue weighted by atomic mass is 15.2. The van der Waals surface area contributed by atoms with Crippen molar-refractivity contribution < 1.29 is 0 Å². The zero-order valence-corrected chi connectivity index (χ0v) is 7.43. The minimum absolute atomic E-state index is 0.861. The number of nitrogens with two attached hydrogens (primary N) is 1. The molecule has 1 heterocycles. The van der Waals surface area contributed by atoms with Crippen LogP contribution in [0, 0.1) is 0 Å². The molecular formula is C8H20N2. The molecule has 2 heteroatoms. The van der Waals surface area contributed by atoms with Crippen LogP contribution in [0.1, 0.15) is 26.7 Å². The fraction of sp³-hybridized carbons (Fsp3) is 1.00. The van der Waals surface area contributed by atoms with Gasteiger partial charge in [0.05, 0.1) is 0 Å². The predicted octanol–water partition coefficient (Wildman–Crippen LogP) is 1.07. The van der Waals surface area contributed by atoms with Gasteiger partial charge in [0, 0.05) is 6.04 Å². The van der Waals surface area contributed by atoms with E-state index >= 15 is 0 Å². The Bertz CT molecular complexity index is 73.7. The van der Waals surface area contributed by atoms with Crippen molar-refractivity contribution in [2.75, 3.05) is 20.1 Å². The molecule has 1 saturated heterocycles. The highest BCUT2D eigenvalue weighted by Gasteiger charge is 2.16.